The van der Waals surface area contributed by atoms with E-state index in [0.29, 0.717) is 0 Å². The summed E-state index contributed by atoms with van der Waals surface area (Å²) in [7, 11) is 0. The molecule has 0 aliphatic heterocycles. The molecule has 0 radical (unpaired) electrons. The number of rotatable bonds is 4. The van der Waals surface area contributed by atoms with Crippen molar-refractivity contribution in [2.45, 2.75) is 45.1 Å². The Balaban J connectivity index is 1.87. The van der Waals surface area contributed by atoms with E-state index >= 15 is 0 Å². The zero-order chi connectivity index (χ0) is 13.8. The monoisotopic (exact) mass is 265 g/mol. The number of aromatic carboxylic acids is 1. The van der Waals surface area contributed by atoms with Crippen molar-refractivity contribution in [3.8, 4) is 0 Å². The van der Waals surface area contributed by atoms with E-state index in [0.717, 1.165) is 31.6 Å². The maximum atomic E-state index is 11.9. The Labute approximate surface area is 112 Å². The smallest absolute Gasteiger partial charge is 0.339 e. The summed E-state index contributed by atoms with van der Waals surface area (Å²) in [4.78, 5) is 22.8. The van der Waals surface area contributed by atoms with Gasteiger partial charge in [-0.05, 0) is 37.7 Å². The standard InChI is InChI=1S/C14H19NO4/c1-9-2-4-10(5-3-9)15-13(16)8-12-11(14(17)18)6-7-19-12/h6-7,9-10H,2-5,8H2,1H3,(H,15,16)(H,17,18). The van der Waals surface area contributed by atoms with Gasteiger partial charge in [0.25, 0.3) is 0 Å². The van der Waals surface area contributed by atoms with E-state index in [1.54, 1.807) is 0 Å². The van der Waals surface area contributed by atoms with Gasteiger partial charge >= 0.3 is 5.97 Å². The van der Waals surface area contributed by atoms with Gasteiger partial charge in [0.2, 0.25) is 5.91 Å². The average Bonchev–Trinajstić information content (AvgIpc) is 2.80. The third-order valence-corrected chi connectivity index (χ3v) is 3.68. The second kappa shape index (κ2) is 5.91. The molecule has 0 bridgehead atoms. The average molecular weight is 265 g/mol. The molecular formula is C14H19NO4. The van der Waals surface area contributed by atoms with Crippen LogP contribution in [0.5, 0.6) is 0 Å². The van der Waals surface area contributed by atoms with Crippen LogP contribution in [0.4, 0.5) is 0 Å². The van der Waals surface area contributed by atoms with Crippen LogP contribution in [-0.2, 0) is 11.2 Å². The largest absolute Gasteiger partial charge is 0.478 e. The number of carboxylic acid groups (broad SMARTS) is 1. The summed E-state index contributed by atoms with van der Waals surface area (Å²) in [6, 6.07) is 1.58. The van der Waals surface area contributed by atoms with E-state index in [2.05, 4.69) is 12.2 Å². The lowest BCUT2D eigenvalue weighted by Gasteiger charge is -2.26. The minimum atomic E-state index is -1.07. The summed E-state index contributed by atoms with van der Waals surface area (Å²) in [5, 5.41) is 11.9. The normalized spacial score (nSPS) is 23.0. The molecule has 1 amide bonds. The molecule has 104 valence electrons. The first-order valence-electron chi connectivity index (χ1n) is 6.65. The highest BCUT2D eigenvalue weighted by atomic mass is 16.4. The van der Waals surface area contributed by atoms with Crippen molar-refractivity contribution in [1.82, 2.24) is 5.32 Å². The van der Waals surface area contributed by atoms with E-state index in [9.17, 15) is 9.59 Å². The molecule has 1 heterocycles. The van der Waals surface area contributed by atoms with E-state index in [1.807, 2.05) is 0 Å². The van der Waals surface area contributed by atoms with Gasteiger partial charge in [-0.1, -0.05) is 6.92 Å². The summed E-state index contributed by atoms with van der Waals surface area (Å²) in [5.74, 6) is -0.286. The SMILES string of the molecule is CC1CCC(NC(=O)Cc2occc2C(=O)O)CC1. The molecule has 2 rings (SSSR count). The van der Waals surface area contributed by atoms with E-state index in [1.165, 1.54) is 12.3 Å². The van der Waals surface area contributed by atoms with Crippen molar-refractivity contribution in [1.29, 1.82) is 0 Å². The predicted molar refractivity (Wildman–Crippen MR) is 68.9 cm³/mol. The van der Waals surface area contributed by atoms with E-state index in [4.69, 9.17) is 9.52 Å². The van der Waals surface area contributed by atoms with Crippen molar-refractivity contribution >= 4 is 11.9 Å². The van der Waals surface area contributed by atoms with Gasteiger partial charge in [-0.3, -0.25) is 4.79 Å². The second-order valence-electron chi connectivity index (χ2n) is 5.26. The van der Waals surface area contributed by atoms with Crippen LogP contribution < -0.4 is 5.32 Å². The number of carbonyl (C=O) groups is 2. The fourth-order valence-electron chi connectivity index (χ4n) is 2.50. The minimum Gasteiger partial charge on any atom is -0.478 e. The van der Waals surface area contributed by atoms with Gasteiger partial charge in [0.1, 0.15) is 11.3 Å². The number of furan rings is 1. The molecule has 1 fully saturated rings. The molecule has 1 aromatic heterocycles. The van der Waals surface area contributed by atoms with Crippen molar-refractivity contribution in [3.63, 3.8) is 0 Å². The highest BCUT2D eigenvalue weighted by molar-refractivity contribution is 5.90. The number of hydrogen-bond donors (Lipinski definition) is 2. The Bertz CT molecular complexity index is 458. The zero-order valence-electron chi connectivity index (χ0n) is 11.0. The minimum absolute atomic E-state index is 0.0132. The highest BCUT2D eigenvalue weighted by Crippen LogP contribution is 2.23. The lowest BCUT2D eigenvalue weighted by Crippen LogP contribution is -2.38. The molecule has 1 aliphatic carbocycles. The van der Waals surface area contributed by atoms with E-state index < -0.39 is 5.97 Å². The van der Waals surface area contributed by atoms with Gasteiger partial charge in [0.15, 0.2) is 0 Å². The van der Waals surface area contributed by atoms with Crippen LogP contribution in [0.2, 0.25) is 0 Å². The Morgan fingerprint density at radius 3 is 2.68 bits per heavy atom. The number of nitrogens with one attached hydrogen (secondary N) is 1. The number of amides is 1. The fraction of sp³-hybridized carbons (Fsp3) is 0.571. The summed E-state index contributed by atoms with van der Waals surface area (Å²) < 4.78 is 5.06. The number of carbonyl (C=O) groups excluding carboxylic acids is 1. The van der Waals surface area contributed by atoms with Crippen LogP contribution in [0, 0.1) is 5.92 Å². The first-order valence-corrected chi connectivity index (χ1v) is 6.65. The Hall–Kier alpha value is -1.78. The van der Waals surface area contributed by atoms with Crippen LogP contribution in [0.25, 0.3) is 0 Å². The first-order chi connectivity index (χ1) is 9.06. The molecule has 5 nitrogen and oxygen atoms in total. The van der Waals surface area contributed by atoms with Crippen LogP contribution in [0.3, 0.4) is 0 Å². The first kappa shape index (κ1) is 13.6. The van der Waals surface area contributed by atoms with Gasteiger partial charge in [0, 0.05) is 6.04 Å². The molecule has 1 aromatic rings. The van der Waals surface area contributed by atoms with E-state index in [-0.39, 0.29) is 29.7 Å². The molecule has 19 heavy (non-hydrogen) atoms. The maximum absolute atomic E-state index is 11.9. The lowest BCUT2D eigenvalue weighted by molar-refractivity contribution is -0.121. The summed E-state index contributed by atoms with van der Waals surface area (Å²) in [6.45, 7) is 2.22. The van der Waals surface area contributed by atoms with Gasteiger partial charge in [0.05, 0.1) is 12.7 Å². The molecule has 1 aliphatic rings. The van der Waals surface area contributed by atoms with Gasteiger partial charge in [-0.2, -0.15) is 0 Å². The molecule has 5 heteroatoms. The van der Waals surface area contributed by atoms with Crippen molar-refractivity contribution in [2.75, 3.05) is 0 Å². The zero-order valence-corrected chi connectivity index (χ0v) is 11.0. The fourth-order valence-corrected chi connectivity index (χ4v) is 2.50. The Morgan fingerprint density at radius 2 is 2.05 bits per heavy atom. The van der Waals surface area contributed by atoms with Crippen LogP contribution >= 0.6 is 0 Å². The molecule has 1 saturated carbocycles. The summed E-state index contributed by atoms with van der Waals surface area (Å²) in [6.07, 6.45) is 5.54. The molecule has 0 aromatic carbocycles. The van der Waals surface area contributed by atoms with Crippen molar-refractivity contribution in [3.05, 3.63) is 23.7 Å². The third kappa shape index (κ3) is 3.59. The summed E-state index contributed by atoms with van der Waals surface area (Å²) in [5.41, 5.74) is 0.0624. The quantitative estimate of drug-likeness (QED) is 0.874. The van der Waals surface area contributed by atoms with Gasteiger partial charge in [-0.25, -0.2) is 4.79 Å². The molecule has 0 atom stereocenters. The van der Waals surface area contributed by atoms with Gasteiger partial charge < -0.3 is 14.8 Å². The molecule has 0 spiro atoms. The predicted octanol–water partition coefficient (Wildman–Crippen LogP) is 2.22. The second-order valence-corrected chi connectivity index (χ2v) is 5.26. The summed E-state index contributed by atoms with van der Waals surface area (Å²) >= 11 is 0. The highest BCUT2D eigenvalue weighted by Gasteiger charge is 2.21. The van der Waals surface area contributed by atoms with Crippen molar-refractivity contribution < 1.29 is 19.1 Å². The maximum Gasteiger partial charge on any atom is 0.339 e. The topological polar surface area (TPSA) is 79.5 Å². The Morgan fingerprint density at radius 1 is 1.37 bits per heavy atom. The Kier molecular flexibility index (Phi) is 4.24. The molecular weight excluding hydrogens is 246 g/mol. The lowest BCUT2D eigenvalue weighted by atomic mass is 9.87. The van der Waals surface area contributed by atoms with Crippen molar-refractivity contribution in [2.24, 2.45) is 5.92 Å². The number of hydrogen-bond acceptors (Lipinski definition) is 3. The number of carboxylic acids is 1. The van der Waals surface area contributed by atoms with Gasteiger partial charge in [-0.15, -0.1) is 0 Å². The van der Waals surface area contributed by atoms with Crippen LogP contribution in [0.1, 0.15) is 48.7 Å². The molecule has 0 saturated heterocycles. The molecule has 0 unspecified atom stereocenters. The van der Waals surface area contributed by atoms with Crippen LogP contribution in [-0.4, -0.2) is 23.0 Å². The van der Waals surface area contributed by atoms with Crippen LogP contribution in [0.15, 0.2) is 16.7 Å². The third-order valence-electron chi connectivity index (χ3n) is 3.68. The molecule has 2 N–H and O–H groups in total.